The summed E-state index contributed by atoms with van der Waals surface area (Å²) in [4.78, 5) is 31.0. The van der Waals surface area contributed by atoms with E-state index in [-0.39, 0.29) is 25.2 Å². The highest BCUT2D eigenvalue weighted by Crippen LogP contribution is 2.26. The molecule has 0 saturated heterocycles. The molecular weight excluding hydrogens is 520 g/mol. The normalized spacial score (nSPS) is 10.8. The Hall–Kier alpha value is -5.62. The minimum absolute atomic E-state index is 0.262. The third-order valence-electron chi connectivity index (χ3n) is 7.24. The second-order valence-corrected chi connectivity index (χ2v) is 9.89. The van der Waals surface area contributed by atoms with Crippen molar-refractivity contribution in [1.82, 2.24) is 0 Å². The van der Waals surface area contributed by atoms with Crippen LogP contribution in [0.4, 0.5) is 32.3 Å². The van der Waals surface area contributed by atoms with Crippen LogP contribution in [0.15, 0.2) is 146 Å². The van der Waals surface area contributed by atoms with Gasteiger partial charge in [-0.05, 0) is 47.2 Å². The van der Waals surface area contributed by atoms with Crippen LogP contribution in [-0.4, -0.2) is 25.2 Å². The van der Waals surface area contributed by atoms with Crippen molar-refractivity contribution in [3.8, 4) is 0 Å². The predicted molar refractivity (Wildman–Crippen MR) is 174 cm³/mol. The number of hydrogen-bond donors (Lipinski definition) is 2. The van der Waals surface area contributed by atoms with Crippen LogP contribution in [0.25, 0.3) is 21.5 Å². The first-order chi connectivity index (χ1) is 20.7. The molecule has 0 aliphatic carbocycles. The molecule has 42 heavy (non-hydrogen) atoms. The van der Waals surface area contributed by atoms with Gasteiger partial charge >= 0.3 is 12.1 Å². The van der Waals surface area contributed by atoms with Gasteiger partial charge in [0.15, 0.2) is 0 Å². The van der Waals surface area contributed by atoms with E-state index in [0.717, 1.165) is 44.3 Å². The maximum atomic E-state index is 13.8. The van der Waals surface area contributed by atoms with Gasteiger partial charge in [0.05, 0.1) is 11.4 Å². The Morgan fingerprint density at radius 1 is 0.429 bits per heavy atom. The molecule has 0 radical (unpaired) electrons. The summed E-state index contributed by atoms with van der Waals surface area (Å²) in [5.74, 6) is 0. The van der Waals surface area contributed by atoms with Gasteiger partial charge < -0.3 is 10.6 Å². The molecule has 0 bridgehead atoms. The summed E-state index contributed by atoms with van der Waals surface area (Å²) in [6, 6.07) is 46.0. The molecule has 2 N–H and O–H groups in total. The standard InChI is InChI=1S/C36H30N4O2/c41-35(37-33-23-11-15-27-13-7-9-21-31(27)33)39(29-17-3-1-4-18-29)25-26-40(30-19-5-2-6-20-30)36(42)38-34-24-12-16-28-14-8-10-22-32(28)34/h1-24H,25-26H2,(H,37,41)(H,38,42). The number of amides is 4. The van der Waals surface area contributed by atoms with Crippen molar-refractivity contribution < 1.29 is 9.59 Å². The number of carbonyl (C=O) groups is 2. The van der Waals surface area contributed by atoms with E-state index in [9.17, 15) is 9.59 Å². The van der Waals surface area contributed by atoms with E-state index in [1.165, 1.54) is 0 Å². The van der Waals surface area contributed by atoms with Gasteiger partial charge in [-0.25, -0.2) is 9.59 Å². The first-order valence-electron chi connectivity index (χ1n) is 13.9. The molecule has 0 aliphatic heterocycles. The van der Waals surface area contributed by atoms with Crippen LogP contribution in [0.2, 0.25) is 0 Å². The van der Waals surface area contributed by atoms with Gasteiger partial charge in [-0.2, -0.15) is 0 Å². The molecular formula is C36H30N4O2. The number of rotatable bonds is 7. The Morgan fingerprint density at radius 2 is 0.786 bits per heavy atom. The first-order valence-corrected chi connectivity index (χ1v) is 13.9. The topological polar surface area (TPSA) is 64.7 Å². The fraction of sp³-hybridized carbons (Fsp3) is 0.0556. The smallest absolute Gasteiger partial charge is 0.307 e. The zero-order chi connectivity index (χ0) is 28.7. The second-order valence-electron chi connectivity index (χ2n) is 9.89. The highest BCUT2D eigenvalue weighted by Gasteiger charge is 2.22. The molecule has 6 rings (SSSR count). The minimum Gasteiger partial charge on any atom is -0.307 e. The van der Waals surface area contributed by atoms with Crippen LogP contribution < -0.4 is 20.4 Å². The van der Waals surface area contributed by atoms with Gasteiger partial charge in [0.25, 0.3) is 0 Å². The van der Waals surface area contributed by atoms with E-state index in [2.05, 4.69) is 10.6 Å². The van der Waals surface area contributed by atoms with Crippen molar-refractivity contribution in [2.24, 2.45) is 0 Å². The summed E-state index contributed by atoms with van der Waals surface area (Å²) in [7, 11) is 0. The van der Waals surface area contributed by atoms with Gasteiger partial charge in [-0.3, -0.25) is 9.80 Å². The highest BCUT2D eigenvalue weighted by molar-refractivity contribution is 6.09. The zero-order valence-corrected chi connectivity index (χ0v) is 23.0. The van der Waals surface area contributed by atoms with E-state index < -0.39 is 0 Å². The first kappa shape index (κ1) is 26.6. The molecule has 6 nitrogen and oxygen atoms in total. The largest absolute Gasteiger partial charge is 0.326 e. The van der Waals surface area contributed by atoms with Crippen LogP contribution in [0.1, 0.15) is 0 Å². The Balaban J connectivity index is 1.28. The van der Waals surface area contributed by atoms with E-state index in [1.54, 1.807) is 9.80 Å². The second kappa shape index (κ2) is 12.3. The Labute approximate surface area is 244 Å². The molecule has 0 atom stereocenters. The lowest BCUT2D eigenvalue weighted by atomic mass is 10.1. The quantitative estimate of drug-likeness (QED) is 0.209. The molecule has 0 spiro atoms. The highest BCUT2D eigenvalue weighted by atomic mass is 16.2. The van der Waals surface area contributed by atoms with E-state index >= 15 is 0 Å². The minimum atomic E-state index is -0.278. The number of anilines is 4. The molecule has 206 valence electrons. The molecule has 0 fully saturated rings. The number of benzene rings is 6. The fourth-order valence-corrected chi connectivity index (χ4v) is 5.15. The Bertz CT molecular complexity index is 1690. The van der Waals surface area contributed by atoms with Crippen molar-refractivity contribution in [2.75, 3.05) is 33.5 Å². The summed E-state index contributed by atoms with van der Waals surface area (Å²) < 4.78 is 0. The zero-order valence-electron chi connectivity index (χ0n) is 23.0. The molecule has 0 aromatic heterocycles. The number of carbonyl (C=O) groups excluding carboxylic acids is 2. The van der Waals surface area contributed by atoms with Crippen LogP contribution in [-0.2, 0) is 0 Å². The number of urea groups is 2. The maximum absolute atomic E-state index is 13.8. The third-order valence-corrected chi connectivity index (χ3v) is 7.24. The number of nitrogens with zero attached hydrogens (tertiary/aromatic N) is 2. The van der Waals surface area contributed by atoms with Gasteiger partial charge in [-0.15, -0.1) is 0 Å². The fourth-order valence-electron chi connectivity index (χ4n) is 5.15. The lowest BCUT2D eigenvalue weighted by Gasteiger charge is -2.29. The SMILES string of the molecule is O=C(Nc1cccc2ccccc12)N(CCN(C(=O)Nc1cccc2ccccc12)c1ccccc1)c1ccccc1. The molecule has 6 aromatic carbocycles. The molecule has 0 saturated carbocycles. The summed E-state index contributed by atoms with van der Waals surface area (Å²) in [5.41, 5.74) is 2.93. The average Bonchev–Trinajstić information content (AvgIpc) is 3.04. The van der Waals surface area contributed by atoms with Gasteiger partial charge in [0.2, 0.25) is 0 Å². The van der Waals surface area contributed by atoms with Crippen molar-refractivity contribution in [3.05, 3.63) is 146 Å². The van der Waals surface area contributed by atoms with Crippen LogP contribution >= 0.6 is 0 Å². The lowest BCUT2D eigenvalue weighted by Crippen LogP contribution is -2.44. The molecule has 0 unspecified atom stereocenters. The van der Waals surface area contributed by atoms with E-state index in [0.29, 0.717) is 0 Å². The van der Waals surface area contributed by atoms with Crippen molar-refractivity contribution in [1.29, 1.82) is 0 Å². The number of fused-ring (bicyclic) bond motifs is 2. The van der Waals surface area contributed by atoms with E-state index in [4.69, 9.17) is 0 Å². The summed E-state index contributed by atoms with van der Waals surface area (Å²) in [5, 5.41) is 10.2. The number of nitrogens with one attached hydrogen (secondary N) is 2. The Morgan fingerprint density at radius 3 is 1.21 bits per heavy atom. The lowest BCUT2D eigenvalue weighted by molar-refractivity contribution is 0.254. The van der Waals surface area contributed by atoms with Crippen molar-refractivity contribution in [2.45, 2.75) is 0 Å². The average molecular weight is 551 g/mol. The molecule has 0 heterocycles. The van der Waals surface area contributed by atoms with Gasteiger partial charge in [0.1, 0.15) is 0 Å². The molecule has 6 heteroatoms. The van der Waals surface area contributed by atoms with Crippen LogP contribution in [0.5, 0.6) is 0 Å². The summed E-state index contributed by atoms with van der Waals surface area (Å²) in [6.45, 7) is 0.525. The van der Waals surface area contributed by atoms with Crippen LogP contribution in [0, 0.1) is 0 Å². The summed E-state index contributed by atoms with van der Waals surface area (Å²) in [6.07, 6.45) is 0. The van der Waals surface area contributed by atoms with E-state index in [1.807, 2.05) is 146 Å². The summed E-state index contributed by atoms with van der Waals surface area (Å²) >= 11 is 0. The number of hydrogen-bond acceptors (Lipinski definition) is 2. The van der Waals surface area contributed by atoms with Crippen molar-refractivity contribution in [3.63, 3.8) is 0 Å². The maximum Gasteiger partial charge on any atom is 0.326 e. The van der Waals surface area contributed by atoms with Gasteiger partial charge in [-0.1, -0.05) is 109 Å². The number of para-hydroxylation sites is 2. The third kappa shape index (κ3) is 5.78. The monoisotopic (exact) mass is 550 g/mol. The van der Waals surface area contributed by atoms with Crippen molar-refractivity contribution >= 4 is 56.4 Å². The molecule has 6 aromatic rings. The molecule has 0 aliphatic rings. The molecule has 4 amide bonds. The predicted octanol–water partition coefficient (Wildman–Crippen LogP) is 8.77. The van der Waals surface area contributed by atoms with Crippen LogP contribution in [0.3, 0.4) is 0 Å². The van der Waals surface area contributed by atoms with Gasteiger partial charge in [0, 0.05) is 35.2 Å². The Kier molecular flexibility index (Phi) is 7.77.